The first-order valence-corrected chi connectivity index (χ1v) is 8.87. The third-order valence-corrected chi connectivity index (χ3v) is 4.22. The van der Waals surface area contributed by atoms with E-state index in [1.54, 1.807) is 29.2 Å². The average Bonchev–Trinajstić information content (AvgIpc) is 3.23. The number of carbonyl (C=O) groups excluding carboxylic acids is 1. The van der Waals surface area contributed by atoms with Crippen molar-refractivity contribution in [2.24, 2.45) is 0 Å². The number of nitrogens with zero attached hydrogens (tertiary/aromatic N) is 3. The molecular weight excluding hydrogens is 410 g/mol. The van der Waals surface area contributed by atoms with Crippen LogP contribution in [0.3, 0.4) is 0 Å². The molecule has 3 aromatic rings. The molecule has 0 N–H and O–H groups in total. The zero-order valence-corrected chi connectivity index (χ0v) is 15.7. The molecule has 2 heterocycles. The molecule has 2 aromatic heterocycles. The van der Waals surface area contributed by atoms with Crippen LogP contribution in [0.4, 0.5) is 0 Å². The molecule has 0 radical (unpaired) electrons. The molecule has 0 fully saturated rings. The van der Waals surface area contributed by atoms with Crippen LogP contribution in [0.25, 0.3) is 11.5 Å². The minimum atomic E-state index is -0.231. The Morgan fingerprint density at radius 3 is 2.68 bits per heavy atom. The predicted octanol–water partition coefficient (Wildman–Crippen LogP) is 4.80. The van der Waals surface area contributed by atoms with Gasteiger partial charge in [0.05, 0.1) is 17.1 Å². The number of carbonyl (C=O) groups is 1. The van der Waals surface area contributed by atoms with E-state index in [0.29, 0.717) is 33.6 Å². The van der Waals surface area contributed by atoms with Crippen molar-refractivity contribution in [3.05, 3.63) is 57.7 Å². The Balaban J connectivity index is 1.79. The van der Waals surface area contributed by atoms with Crippen LogP contribution in [0.5, 0.6) is 0 Å². The summed E-state index contributed by atoms with van der Waals surface area (Å²) in [7, 11) is 0. The number of furan rings is 1. The summed E-state index contributed by atoms with van der Waals surface area (Å²) in [4.78, 5) is 14.2. The van der Waals surface area contributed by atoms with Crippen LogP contribution in [0.2, 0.25) is 5.02 Å². The van der Waals surface area contributed by atoms with Gasteiger partial charge in [0.1, 0.15) is 0 Å². The Bertz CT molecular complexity index is 877. The second-order valence-corrected chi connectivity index (χ2v) is 6.50. The standard InChI is InChI=1S/C17H15BrClN3O3/c1-2-9-22(17(23)13-7-8-14(18)24-13)10-15-20-21-16(25-15)11-5-3-4-6-12(11)19/h3-8H,2,9-10H2,1H3. The largest absolute Gasteiger partial charge is 0.444 e. The third kappa shape index (κ3) is 4.11. The molecule has 130 valence electrons. The lowest BCUT2D eigenvalue weighted by molar-refractivity contribution is 0.0695. The number of rotatable bonds is 6. The molecule has 0 spiro atoms. The van der Waals surface area contributed by atoms with Crippen molar-refractivity contribution in [3.8, 4) is 11.5 Å². The maximum Gasteiger partial charge on any atom is 0.290 e. The first kappa shape index (κ1) is 17.7. The van der Waals surface area contributed by atoms with Crippen molar-refractivity contribution in [2.45, 2.75) is 19.9 Å². The van der Waals surface area contributed by atoms with E-state index in [1.165, 1.54) is 0 Å². The number of amides is 1. The van der Waals surface area contributed by atoms with Gasteiger partial charge in [0.25, 0.3) is 5.91 Å². The van der Waals surface area contributed by atoms with Crippen molar-refractivity contribution >= 4 is 33.4 Å². The van der Waals surface area contributed by atoms with Gasteiger partial charge in [0, 0.05) is 6.54 Å². The zero-order chi connectivity index (χ0) is 17.8. The van der Waals surface area contributed by atoms with Gasteiger partial charge in [0.2, 0.25) is 11.8 Å². The van der Waals surface area contributed by atoms with Crippen LogP contribution in [-0.2, 0) is 6.54 Å². The Morgan fingerprint density at radius 2 is 2.00 bits per heavy atom. The molecule has 0 aliphatic rings. The minimum Gasteiger partial charge on any atom is -0.444 e. The molecule has 8 heteroatoms. The van der Waals surface area contributed by atoms with Gasteiger partial charge in [-0.2, -0.15) is 0 Å². The number of aromatic nitrogens is 2. The van der Waals surface area contributed by atoms with Crippen LogP contribution < -0.4 is 0 Å². The summed E-state index contributed by atoms with van der Waals surface area (Å²) in [5.41, 5.74) is 0.659. The smallest absolute Gasteiger partial charge is 0.290 e. The molecule has 0 aliphatic carbocycles. The monoisotopic (exact) mass is 423 g/mol. The van der Waals surface area contributed by atoms with Crippen LogP contribution in [0.1, 0.15) is 29.8 Å². The van der Waals surface area contributed by atoms with Gasteiger partial charge < -0.3 is 13.7 Å². The van der Waals surface area contributed by atoms with E-state index in [2.05, 4.69) is 26.1 Å². The summed E-state index contributed by atoms with van der Waals surface area (Å²) < 4.78 is 11.5. The third-order valence-electron chi connectivity index (χ3n) is 3.46. The summed E-state index contributed by atoms with van der Waals surface area (Å²) in [5.74, 6) is 0.684. The molecule has 0 saturated heterocycles. The van der Waals surface area contributed by atoms with E-state index < -0.39 is 0 Å². The number of hydrogen-bond donors (Lipinski definition) is 0. The molecule has 1 amide bonds. The van der Waals surface area contributed by atoms with Crippen LogP contribution in [0.15, 0.2) is 49.9 Å². The molecule has 0 saturated carbocycles. The fraction of sp³-hybridized carbons (Fsp3) is 0.235. The van der Waals surface area contributed by atoms with Crippen LogP contribution in [0, 0.1) is 0 Å². The normalized spacial score (nSPS) is 10.8. The summed E-state index contributed by atoms with van der Waals surface area (Å²) in [6.45, 7) is 2.73. The molecule has 3 rings (SSSR count). The van der Waals surface area contributed by atoms with Gasteiger partial charge in [0.15, 0.2) is 10.4 Å². The molecular formula is C17H15BrClN3O3. The van der Waals surface area contributed by atoms with E-state index in [4.69, 9.17) is 20.4 Å². The highest BCUT2D eigenvalue weighted by Gasteiger charge is 2.21. The lowest BCUT2D eigenvalue weighted by Gasteiger charge is -2.18. The fourth-order valence-corrected chi connectivity index (χ4v) is 2.85. The molecule has 25 heavy (non-hydrogen) atoms. The molecule has 0 unspecified atom stereocenters. The second kappa shape index (κ2) is 7.84. The lowest BCUT2D eigenvalue weighted by atomic mass is 10.2. The van der Waals surface area contributed by atoms with Gasteiger partial charge in [-0.3, -0.25) is 4.79 Å². The van der Waals surface area contributed by atoms with E-state index in [0.717, 1.165) is 6.42 Å². The summed E-state index contributed by atoms with van der Waals surface area (Å²) >= 11 is 9.35. The number of hydrogen-bond acceptors (Lipinski definition) is 5. The highest BCUT2D eigenvalue weighted by molar-refractivity contribution is 9.10. The summed E-state index contributed by atoms with van der Waals surface area (Å²) in [5, 5.41) is 8.58. The van der Waals surface area contributed by atoms with Gasteiger partial charge in [-0.25, -0.2) is 0 Å². The van der Waals surface area contributed by atoms with Crippen molar-refractivity contribution in [1.29, 1.82) is 0 Å². The molecule has 0 bridgehead atoms. The Morgan fingerprint density at radius 1 is 1.20 bits per heavy atom. The zero-order valence-electron chi connectivity index (χ0n) is 13.4. The quantitative estimate of drug-likeness (QED) is 0.568. The average molecular weight is 425 g/mol. The van der Waals surface area contributed by atoms with Crippen molar-refractivity contribution in [2.75, 3.05) is 6.54 Å². The van der Waals surface area contributed by atoms with Gasteiger partial charge in [-0.15, -0.1) is 10.2 Å². The topological polar surface area (TPSA) is 72.4 Å². The van der Waals surface area contributed by atoms with Crippen LogP contribution >= 0.6 is 27.5 Å². The maximum absolute atomic E-state index is 12.6. The van der Waals surface area contributed by atoms with Crippen LogP contribution in [-0.4, -0.2) is 27.5 Å². The SMILES string of the molecule is CCCN(Cc1nnc(-c2ccccc2Cl)o1)C(=O)c1ccc(Br)o1. The first-order chi connectivity index (χ1) is 12.1. The molecule has 0 atom stereocenters. The fourth-order valence-electron chi connectivity index (χ4n) is 2.33. The van der Waals surface area contributed by atoms with Crippen molar-refractivity contribution in [3.63, 3.8) is 0 Å². The number of benzene rings is 1. The van der Waals surface area contributed by atoms with Gasteiger partial charge in [-0.1, -0.05) is 30.7 Å². The van der Waals surface area contributed by atoms with E-state index >= 15 is 0 Å². The summed E-state index contributed by atoms with van der Waals surface area (Å²) in [6.07, 6.45) is 0.791. The Labute approximate surface area is 157 Å². The Kier molecular flexibility index (Phi) is 5.55. The predicted molar refractivity (Wildman–Crippen MR) is 96.2 cm³/mol. The highest BCUT2D eigenvalue weighted by Crippen LogP contribution is 2.26. The van der Waals surface area contributed by atoms with E-state index in [-0.39, 0.29) is 18.2 Å². The van der Waals surface area contributed by atoms with Gasteiger partial charge in [-0.05, 0) is 46.6 Å². The van der Waals surface area contributed by atoms with E-state index in [1.807, 2.05) is 19.1 Å². The minimum absolute atomic E-state index is 0.197. The van der Waals surface area contributed by atoms with Crippen molar-refractivity contribution in [1.82, 2.24) is 15.1 Å². The second-order valence-electron chi connectivity index (χ2n) is 5.31. The lowest BCUT2D eigenvalue weighted by Crippen LogP contribution is -2.31. The number of halogens is 2. The highest BCUT2D eigenvalue weighted by atomic mass is 79.9. The molecule has 0 aliphatic heterocycles. The van der Waals surface area contributed by atoms with E-state index in [9.17, 15) is 4.79 Å². The van der Waals surface area contributed by atoms with Crippen molar-refractivity contribution < 1.29 is 13.6 Å². The molecule has 6 nitrogen and oxygen atoms in total. The summed E-state index contributed by atoms with van der Waals surface area (Å²) in [6, 6.07) is 10.5. The Hall–Kier alpha value is -2.12. The maximum atomic E-state index is 12.6. The van der Waals surface area contributed by atoms with Gasteiger partial charge >= 0.3 is 0 Å². The molecule has 1 aromatic carbocycles. The first-order valence-electron chi connectivity index (χ1n) is 7.70.